The van der Waals surface area contributed by atoms with Crippen LogP contribution in [0.25, 0.3) is 22.4 Å². The van der Waals surface area contributed by atoms with Crippen LogP contribution in [0, 0.1) is 13.8 Å². The number of nitrogens with one attached hydrogen (secondary N) is 1. The first-order valence-electron chi connectivity index (χ1n) is 10.5. The fourth-order valence-electron chi connectivity index (χ4n) is 3.88. The molecule has 30 heavy (non-hydrogen) atoms. The molecule has 5 nitrogen and oxygen atoms in total. The molecule has 2 aromatic carbocycles. The molecule has 0 unspecified atom stereocenters. The van der Waals surface area contributed by atoms with E-state index in [0.717, 1.165) is 53.5 Å². The molecular formula is C24H27N3O2S. The van der Waals surface area contributed by atoms with Gasteiger partial charge in [-0.2, -0.15) is 0 Å². The first kappa shape index (κ1) is 20.7. The molecule has 1 saturated carbocycles. The van der Waals surface area contributed by atoms with Gasteiger partial charge in [-0.1, -0.05) is 78.9 Å². The molecule has 6 heteroatoms. The molecule has 4 rings (SSSR count). The lowest BCUT2D eigenvalue weighted by Crippen LogP contribution is -2.36. The van der Waals surface area contributed by atoms with Crippen molar-refractivity contribution < 1.29 is 8.42 Å². The zero-order valence-corrected chi connectivity index (χ0v) is 18.2. The lowest BCUT2D eigenvalue weighted by atomic mass is 9.96. The van der Waals surface area contributed by atoms with E-state index in [1.54, 1.807) is 6.07 Å². The molecule has 1 heterocycles. The Hall–Kier alpha value is -2.57. The molecule has 0 bridgehead atoms. The Labute approximate surface area is 178 Å². The Kier molecular flexibility index (Phi) is 5.97. The van der Waals surface area contributed by atoms with Crippen molar-refractivity contribution >= 4 is 10.0 Å². The second-order valence-electron chi connectivity index (χ2n) is 8.13. The van der Waals surface area contributed by atoms with Crippen LogP contribution >= 0.6 is 0 Å². The number of nitrogens with zero attached hydrogens (tertiary/aromatic N) is 2. The van der Waals surface area contributed by atoms with Gasteiger partial charge in [0, 0.05) is 17.2 Å². The third kappa shape index (κ3) is 4.60. The topological polar surface area (TPSA) is 72.0 Å². The van der Waals surface area contributed by atoms with E-state index in [-0.39, 0.29) is 11.1 Å². The zero-order valence-electron chi connectivity index (χ0n) is 17.4. The van der Waals surface area contributed by atoms with Crippen molar-refractivity contribution in [3.8, 4) is 22.4 Å². The quantitative estimate of drug-likeness (QED) is 0.626. The zero-order chi connectivity index (χ0) is 21.1. The Balaban J connectivity index is 1.77. The summed E-state index contributed by atoms with van der Waals surface area (Å²) in [5.74, 6) is 0. The maximum atomic E-state index is 13.0. The van der Waals surface area contributed by atoms with Crippen LogP contribution in [0.5, 0.6) is 0 Å². The first-order valence-corrected chi connectivity index (χ1v) is 11.9. The Morgan fingerprint density at radius 3 is 1.97 bits per heavy atom. The Bertz CT molecular complexity index is 1120. The van der Waals surface area contributed by atoms with Crippen LogP contribution in [0.2, 0.25) is 0 Å². The van der Waals surface area contributed by atoms with Crippen LogP contribution < -0.4 is 4.72 Å². The lowest BCUT2D eigenvalue weighted by molar-refractivity contribution is 0.411. The number of aromatic nitrogens is 2. The number of hydrogen-bond donors (Lipinski definition) is 1. The fraction of sp³-hybridized carbons (Fsp3) is 0.333. The van der Waals surface area contributed by atoms with E-state index in [0.29, 0.717) is 5.69 Å². The number of aryl methyl sites for hydroxylation is 2. The third-order valence-corrected chi connectivity index (χ3v) is 7.06. The predicted octanol–water partition coefficient (Wildman–Crippen LogP) is 5.04. The van der Waals surface area contributed by atoms with E-state index in [2.05, 4.69) is 14.9 Å². The van der Waals surface area contributed by atoms with Gasteiger partial charge < -0.3 is 0 Å². The third-order valence-electron chi connectivity index (χ3n) is 5.66. The number of sulfonamides is 1. The van der Waals surface area contributed by atoms with Gasteiger partial charge in [-0.3, -0.25) is 0 Å². The van der Waals surface area contributed by atoms with E-state index in [9.17, 15) is 8.42 Å². The summed E-state index contributed by atoms with van der Waals surface area (Å²) < 4.78 is 28.9. The van der Waals surface area contributed by atoms with Crippen molar-refractivity contribution in [3.05, 3.63) is 65.7 Å². The molecule has 0 atom stereocenters. The Morgan fingerprint density at radius 2 is 1.37 bits per heavy atom. The van der Waals surface area contributed by atoms with Gasteiger partial charge in [0.15, 0.2) is 5.03 Å². The standard InChI is InChI=1S/C24H27N3O2S/c1-17-8-12-19(13-9-17)22-16-23(30(28,29)27-21-6-4-3-5-7-21)25-26-24(22)20-14-10-18(2)11-15-20/h8-16,21,27H,3-7H2,1-2H3. The summed E-state index contributed by atoms with van der Waals surface area (Å²) in [5, 5.41) is 8.46. The van der Waals surface area contributed by atoms with Gasteiger partial charge in [0.25, 0.3) is 10.0 Å². The van der Waals surface area contributed by atoms with Crippen molar-refractivity contribution in [2.24, 2.45) is 0 Å². The maximum absolute atomic E-state index is 13.0. The second kappa shape index (κ2) is 8.66. The maximum Gasteiger partial charge on any atom is 0.260 e. The molecule has 3 aromatic rings. The largest absolute Gasteiger partial charge is 0.260 e. The molecule has 0 saturated heterocycles. The summed E-state index contributed by atoms with van der Waals surface area (Å²) in [6.45, 7) is 4.06. The molecule has 1 aliphatic rings. The minimum Gasteiger partial charge on any atom is -0.207 e. The first-order chi connectivity index (χ1) is 14.4. The van der Waals surface area contributed by atoms with Gasteiger partial charge in [0.05, 0.1) is 0 Å². The second-order valence-corrected chi connectivity index (χ2v) is 9.79. The molecular weight excluding hydrogens is 394 g/mol. The fourth-order valence-corrected chi connectivity index (χ4v) is 5.10. The van der Waals surface area contributed by atoms with Gasteiger partial charge in [0.2, 0.25) is 0 Å². The van der Waals surface area contributed by atoms with Crippen molar-refractivity contribution in [1.29, 1.82) is 0 Å². The highest BCUT2D eigenvalue weighted by molar-refractivity contribution is 7.89. The predicted molar refractivity (Wildman–Crippen MR) is 120 cm³/mol. The molecule has 0 radical (unpaired) electrons. The van der Waals surface area contributed by atoms with Crippen molar-refractivity contribution in [1.82, 2.24) is 14.9 Å². The highest BCUT2D eigenvalue weighted by Gasteiger charge is 2.25. The van der Waals surface area contributed by atoms with Gasteiger partial charge in [-0.05, 0) is 38.3 Å². The van der Waals surface area contributed by atoms with Crippen molar-refractivity contribution in [2.45, 2.75) is 57.0 Å². The molecule has 0 aliphatic heterocycles. The van der Waals surface area contributed by atoms with Crippen LogP contribution in [0.1, 0.15) is 43.2 Å². The highest BCUT2D eigenvalue weighted by Crippen LogP contribution is 2.32. The average molecular weight is 422 g/mol. The van der Waals surface area contributed by atoms with E-state index < -0.39 is 10.0 Å². The summed E-state index contributed by atoms with van der Waals surface area (Å²) >= 11 is 0. The molecule has 0 spiro atoms. The normalized spacial score (nSPS) is 15.3. The summed E-state index contributed by atoms with van der Waals surface area (Å²) in [4.78, 5) is 0. The molecule has 0 amide bonds. The minimum atomic E-state index is -3.73. The highest BCUT2D eigenvalue weighted by atomic mass is 32.2. The summed E-state index contributed by atoms with van der Waals surface area (Å²) in [7, 11) is -3.73. The van der Waals surface area contributed by atoms with E-state index >= 15 is 0 Å². The van der Waals surface area contributed by atoms with E-state index in [1.165, 1.54) is 6.42 Å². The van der Waals surface area contributed by atoms with Crippen LogP contribution in [0.3, 0.4) is 0 Å². The number of hydrogen-bond acceptors (Lipinski definition) is 4. The van der Waals surface area contributed by atoms with Gasteiger partial charge in [-0.15, -0.1) is 10.2 Å². The average Bonchev–Trinajstić information content (AvgIpc) is 2.75. The Morgan fingerprint density at radius 1 is 0.800 bits per heavy atom. The summed E-state index contributed by atoms with van der Waals surface area (Å²) in [6, 6.07) is 17.7. The van der Waals surface area contributed by atoms with Gasteiger partial charge in [0.1, 0.15) is 5.69 Å². The summed E-state index contributed by atoms with van der Waals surface area (Å²) in [5.41, 5.74) is 5.56. The molecule has 156 valence electrons. The SMILES string of the molecule is Cc1ccc(-c2cc(S(=O)(=O)NC3CCCCC3)nnc2-c2ccc(C)cc2)cc1. The van der Waals surface area contributed by atoms with Crippen LogP contribution in [0.15, 0.2) is 59.6 Å². The van der Waals surface area contributed by atoms with Gasteiger partial charge >= 0.3 is 0 Å². The molecule has 1 fully saturated rings. The lowest BCUT2D eigenvalue weighted by Gasteiger charge is -2.22. The number of benzene rings is 2. The van der Waals surface area contributed by atoms with Crippen LogP contribution in [-0.2, 0) is 10.0 Å². The van der Waals surface area contributed by atoms with E-state index in [1.807, 2.05) is 62.4 Å². The molecule has 1 N–H and O–H groups in total. The molecule has 1 aliphatic carbocycles. The van der Waals surface area contributed by atoms with Crippen LogP contribution in [-0.4, -0.2) is 24.7 Å². The molecule has 1 aromatic heterocycles. The monoisotopic (exact) mass is 421 g/mol. The summed E-state index contributed by atoms with van der Waals surface area (Å²) in [6.07, 6.45) is 5.03. The van der Waals surface area contributed by atoms with E-state index in [4.69, 9.17) is 0 Å². The minimum absolute atomic E-state index is 0.0230. The smallest absolute Gasteiger partial charge is 0.207 e. The van der Waals surface area contributed by atoms with Crippen molar-refractivity contribution in [2.75, 3.05) is 0 Å². The van der Waals surface area contributed by atoms with Gasteiger partial charge in [-0.25, -0.2) is 13.1 Å². The van der Waals surface area contributed by atoms with Crippen LogP contribution in [0.4, 0.5) is 0 Å². The number of rotatable bonds is 5. The van der Waals surface area contributed by atoms with Crippen molar-refractivity contribution in [3.63, 3.8) is 0 Å².